The molecule has 6 heteroatoms. The highest BCUT2D eigenvalue weighted by Crippen LogP contribution is 2.22. The molecule has 1 aromatic rings. The van der Waals surface area contributed by atoms with E-state index in [0.29, 0.717) is 25.4 Å². The fourth-order valence-corrected chi connectivity index (χ4v) is 3.41. The molecule has 1 aliphatic heterocycles. The van der Waals surface area contributed by atoms with Gasteiger partial charge in [0.15, 0.2) is 4.34 Å². The molecule has 0 spiro atoms. The van der Waals surface area contributed by atoms with E-state index in [4.69, 9.17) is 4.74 Å². The van der Waals surface area contributed by atoms with Gasteiger partial charge < -0.3 is 9.64 Å². The van der Waals surface area contributed by atoms with Crippen molar-refractivity contribution < 1.29 is 9.53 Å². The van der Waals surface area contributed by atoms with Crippen molar-refractivity contribution in [1.82, 2.24) is 9.88 Å². The molecule has 1 aliphatic rings. The number of carbonyl (C=O) groups excluding carboxylic acids is 1. The van der Waals surface area contributed by atoms with E-state index < -0.39 is 0 Å². The second-order valence-electron chi connectivity index (χ2n) is 4.06. The van der Waals surface area contributed by atoms with Gasteiger partial charge in [0.2, 0.25) is 5.91 Å². The Bertz CT molecular complexity index is 395. The maximum Gasteiger partial charge on any atom is 0.233 e. The summed E-state index contributed by atoms with van der Waals surface area (Å²) >= 11 is 3.11. The number of aromatic nitrogens is 1. The van der Waals surface area contributed by atoms with Gasteiger partial charge in [0, 0.05) is 24.2 Å². The van der Waals surface area contributed by atoms with Crippen LogP contribution in [0.25, 0.3) is 0 Å². The summed E-state index contributed by atoms with van der Waals surface area (Å²) in [6.07, 6.45) is 0.153. The summed E-state index contributed by atoms with van der Waals surface area (Å²) in [5.74, 6) is 0.651. The molecule has 2 rings (SSSR count). The molecule has 0 bridgehead atoms. The quantitative estimate of drug-likeness (QED) is 0.787. The van der Waals surface area contributed by atoms with Crippen molar-refractivity contribution >= 4 is 29.0 Å². The summed E-state index contributed by atoms with van der Waals surface area (Å²) in [5.41, 5.74) is 1.02. The number of ether oxygens (including phenoxy) is 1. The average molecular weight is 272 g/mol. The minimum absolute atomic E-state index is 0.153. The Morgan fingerprint density at radius 2 is 2.59 bits per heavy atom. The Hall–Kier alpha value is -0.590. The van der Waals surface area contributed by atoms with E-state index in [9.17, 15) is 4.79 Å². The van der Waals surface area contributed by atoms with Crippen molar-refractivity contribution in [2.24, 2.45) is 0 Å². The monoisotopic (exact) mass is 272 g/mol. The van der Waals surface area contributed by atoms with Crippen LogP contribution in [0.3, 0.4) is 0 Å². The van der Waals surface area contributed by atoms with Gasteiger partial charge in [-0.1, -0.05) is 11.8 Å². The van der Waals surface area contributed by atoms with Crippen molar-refractivity contribution in [3.05, 3.63) is 11.1 Å². The molecule has 1 unspecified atom stereocenters. The summed E-state index contributed by atoms with van der Waals surface area (Å²) in [7, 11) is 0. The van der Waals surface area contributed by atoms with Gasteiger partial charge in [-0.25, -0.2) is 4.98 Å². The molecule has 1 atom stereocenters. The standard InChI is InChI=1S/C11H16N2O2S2/c1-8-6-16-11(12-8)17-7-10(14)13-3-4-15-9(2)5-13/h6,9H,3-5,7H2,1-2H3. The number of morpholine rings is 1. The van der Waals surface area contributed by atoms with Gasteiger partial charge in [0.25, 0.3) is 0 Å². The van der Waals surface area contributed by atoms with Gasteiger partial charge in [-0.3, -0.25) is 4.79 Å². The largest absolute Gasteiger partial charge is 0.375 e. The van der Waals surface area contributed by atoms with E-state index in [1.807, 2.05) is 24.1 Å². The van der Waals surface area contributed by atoms with E-state index >= 15 is 0 Å². The molecule has 0 aliphatic carbocycles. The van der Waals surface area contributed by atoms with Gasteiger partial charge >= 0.3 is 0 Å². The van der Waals surface area contributed by atoms with E-state index in [1.54, 1.807) is 11.3 Å². The molecule has 1 aromatic heterocycles. The minimum atomic E-state index is 0.153. The maximum atomic E-state index is 12.0. The Morgan fingerprint density at radius 3 is 3.24 bits per heavy atom. The smallest absolute Gasteiger partial charge is 0.233 e. The first kappa shape index (κ1) is 12.9. The zero-order valence-electron chi connectivity index (χ0n) is 10.0. The third kappa shape index (κ3) is 3.69. The van der Waals surface area contributed by atoms with Gasteiger partial charge in [0.1, 0.15) is 0 Å². The molecule has 1 fully saturated rings. The molecular formula is C11H16N2O2S2. The molecule has 94 valence electrons. The first-order valence-corrected chi connectivity index (χ1v) is 7.46. The van der Waals surface area contributed by atoms with Crippen LogP contribution in [0, 0.1) is 6.92 Å². The molecule has 2 heterocycles. The Balaban J connectivity index is 1.80. The predicted octanol–water partition coefficient (Wildman–Crippen LogP) is 1.79. The zero-order chi connectivity index (χ0) is 12.3. The van der Waals surface area contributed by atoms with Crippen LogP contribution in [0.15, 0.2) is 9.72 Å². The van der Waals surface area contributed by atoms with Crippen LogP contribution in [0.5, 0.6) is 0 Å². The summed E-state index contributed by atoms with van der Waals surface area (Å²) < 4.78 is 6.38. The number of amides is 1. The van der Waals surface area contributed by atoms with E-state index in [0.717, 1.165) is 10.0 Å². The number of thiazole rings is 1. The SMILES string of the molecule is Cc1csc(SCC(=O)N2CCOC(C)C2)n1. The number of rotatable bonds is 3. The van der Waals surface area contributed by atoms with Crippen LogP contribution in [-0.4, -0.2) is 47.3 Å². The van der Waals surface area contributed by atoms with Crippen LogP contribution in [0.4, 0.5) is 0 Å². The minimum Gasteiger partial charge on any atom is -0.375 e. The summed E-state index contributed by atoms with van der Waals surface area (Å²) in [6.45, 7) is 6.02. The summed E-state index contributed by atoms with van der Waals surface area (Å²) in [5, 5.41) is 2.00. The number of thioether (sulfide) groups is 1. The first-order chi connectivity index (χ1) is 8.15. The van der Waals surface area contributed by atoms with Gasteiger partial charge in [-0.2, -0.15) is 0 Å². The summed E-state index contributed by atoms with van der Waals surface area (Å²) in [4.78, 5) is 18.2. The van der Waals surface area contributed by atoms with Crippen LogP contribution < -0.4 is 0 Å². The van der Waals surface area contributed by atoms with Crippen molar-refractivity contribution in [3.8, 4) is 0 Å². The fourth-order valence-electron chi connectivity index (χ4n) is 1.66. The second kappa shape index (κ2) is 5.84. The lowest BCUT2D eigenvalue weighted by atomic mass is 10.3. The molecule has 4 nitrogen and oxygen atoms in total. The van der Waals surface area contributed by atoms with Crippen molar-refractivity contribution in [1.29, 1.82) is 0 Å². The molecule has 0 N–H and O–H groups in total. The average Bonchev–Trinajstić information content (AvgIpc) is 2.72. The molecular weight excluding hydrogens is 256 g/mol. The highest BCUT2D eigenvalue weighted by Gasteiger charge is 2.21. The third-order valence-corrected chi connectivity index (χ3v) is 4.63. The van der Waals surface area contributed by atoms with Gasteiger partial charge in [-0.15, -0.1) is 11.3 Å². The number of carbonyl (C=O) groups is 1. The first-order valence-electron chi connectivity index (χ1n) is 5.59. The molecule has 1 amide bonds. The number of hydrogen-bond donors (Lipinski definition) is 0. The lowest BCUT2D eigenvalue weighted by Gasteiger charge is -2.31. The maximum absolute atomic E-state index is 12.0. The second-order valence-corrected chi connectivity index (χ2v) is 6.15. The molecule has 17 heavy (non-hydrogen) atoms. The molecule has 0 radical (unpaired) electrons. The predicted molar refractivity (Wildman–Crippen MR) is 69.6 cm³/mol. The lowest BCUT2D eigenvalue weighted by molar-refractivity contribution is -0.135. The number of aryl methyl sites for hydroxylation is 1. The Morgan fingerprint density at radius 1 is 1.76 bits per heavy atom. The van der Waals surface area contributed by atoms with Crippen LogP contribution in [-0.2, 0) is 9.53 Å². The van der Waals surface area contributed by atoms with E-state index in [2.05, 4.69) is 4.98 Å². The van der Waals surface area contributed by atoms with E-state index in [1.165, 1.54) is 11.8 Å². The van der Waals surface area contributed by atoms with Gasteiger partial charge in [-0.05, 0) is 13.8 Å². The van der Waals surface area contributed by atoms with Crippen molar-refractivity contribution in [3.63, 3.8) is 0 Å². The summed E-state index contributed by atoms with van der Waals surface area (Å²) in [6, 6.07) is 0. The molecule has 0 saturated carbocycles. The van der Waals surface area contributed by atoms with Gasteiger partial charge in [0.05, 0.1) is 18.5 Å². The third-order valence-electron chi connectivity index (χ3n) is 2.51. The van der Waals surface area contributed by atoms with Crippen molar-refractivity contribution in [2.45, 2.75) is 24.3 Å². The normalized spacial score (nSPS) is 20.6. The molecule has 1 saturated heterocycles. The highest BCUT2D eigenvalue weighted by molar-refractivity contribution is 8.01. The van der Waals surface area contributed by atoms with Crippen LogP contribution >= 0.6 is 23.1 Å². The highest BCUT2D eigenvalue weighted by atomic mass is 32.2. The topological polar surface area (TPSA) is 42.4 Å². The fraction of sp³-hybridized carbons (Fsp3) is 0.636. The lowest BCUT2D eigenvalue weighted by Crippen LogP contribution is -2.45. The van der Waals surface area contributed by atoms with E-state index in [-0.39, 0.29) is 12.0 Å². The van der Waals surface area contributed by atoms with Crippen LogP contribution in [0.1, 0.15) is 12.6 Å². The number of hydrogen-bond acceptors (Lipinski definition) is 5. The Kier molecular flexibility index (Phi) is 4.42. The van der Waals surface area contributed by atoms with Crippen molar-refractivity contribution in [2.75, 3.05) is 25.4 Å². The Labute approximate surface area is 109 Å². The number of nitrogens with zero attached hydrogens (tertiary/aromatic N) is 2. The molecule has 0 aromatic carbocycles. The van der Waals surface area contributed by atoms with Crippen LogP contribution in [0.2, 0.25) is 0 Å². The zero-order valence-corrected chi connectivity index (χ0v) is 11.6.